The molecule has 2 saturated heterocycles. The highest BCUT2D eigenvalue weighted by Gasteiger charge is 2.24. The molecule has 1 N–H and O–H groups in total. The molecule has 2 aliphatic heterocycles. The SMILES string of the molecule is C[C@@H](C(=O)NC[C@H]1CCN(CCN2CCOCC2)C1)n1cccn1. The van der Waals surface area contributed by atoms with Gasteiger partial charge in [0.15, 0.2) is 0 Å². The molecule has 0 unspecified atom stereocenters. The number of amides is 1. The summed E-state index contributed by atoms with van der Waals surface area (Å²) in [6, 6.07) is 1.59. The molecule has 1 aromatic rings. The summed E-state index contributed by atoms with van der Waals surface area (Å²) in [4.78, 5) is 17.2. The van der Waals surface area contributed by atoms with Crippen molar-refractivity contribution in [3.05, 3.63) is 18.5 Å². The number of nitrogens with zero attached hydrogens (tertiary/aromatic N) is 4. The molecule has 1 aromatic heterocycles. The largest absolute Gasteiger partial charge is 0.379 e. The third kappa shape index (κ3) is 4.78. The van der Waals surface area contributed by atoms with Crippen LogP contribution in [0.15, 0.2) is 18.5 Å². The number of nitrogens with one attached hydrogen (secondary N) is 1. The second-order valence-corrected chi connectivity index (χ2v) is 6.82. The molecule has 0 radical (unpaired) electrons. The molecule has 7 heteroatoms. The number of carbonyl (C=O) groups excluding carboxylic acids is 1. The van der Waals surface area contributed by atoms with E-state index >= 15 is 0 Å². The first-order chi connectivity index (χ1) is 11.7. The molecule has 134 valence electrons. The van der Waals surface area contributed by atoms with Gasteiger partial charge in [-0.2, -0.15) is 5.10 Å². The van der Waals surface area contributed by atoms with Crippen molar-refractivity contribution in [1.82, 2.24) is 24.9 Å². The molecule has 3 heterocycles. The molecule has 2 atom stereocenters. The fourth-order valence-electron chi connectivity index (χ4n) is 3.41. The first kappa shape index (κ1) is 17.4. The molecule has 0 saturated carbocycles. The van der Waals surface area contributed by atoms with Gasteiger partial charge in [-0.3, -0.25) is 14.4 Å². The van der Waals surface area contributed by atoms with Gasteiger partial charge in [0, 0.05) is 51.7 Å². The normalized spacial score (nSPS) is 24.1. The maximum absolute atomic E-state index is 12.2. The zero-order valence-electron chi connectivity index (χ0n) is 14.6. The minimum absolute atomic E-state index is 0.0467. The molecular formula is C17H29N5O2. The maximum atomic E-state index is 12.2. The van der Waals surface area contributed by atoms with Crippen molar-refractivity contribution in [2.45, 2.75) is 19.4 Å². The number of hydrogen-bond donors (Lipinski definition) is 1. The lowest BCUT2D eigenvalue weighted by molar-refractivity contribution is -0.124. The van der Waals surface area contributed by atoms with Crippen LogP contribution >= 0.6 is 0 Å². The van der Waals surface area contributed by atoms with Gasteiger partial charge in [-0.25, -0.2) is 0 Å². The van der Waals surface area contributed by atoms with Crippen LogP contribution in [0, 0.1) is 5.92 Å². The third-order valence-electron chi connectivity index (χ3n) is 5.07. The molecular weight excluding hydrogens is 306 g/mol. The van der Waals surface area contributed by atoms with E-state index < -0.39 is 0 Å². The predicted molar refractivity (Wildman–Crippen MR) is 91.8 cm³/mol. The van der Waals surface area contributed by atoms with Gasteiger partial charge in [0.1, 0.15) is 6.04 Å². The van der Waals surface area contributed by atoms with Gasteiger partial charge in [0.25, 0.3) is 0 Å². The van der Waals surface area contributed by atoms with Gasteiger partial charge >= 0.3 is 0 Å². The van der Waals surface area contributed by atoms with Gasteiger partial charge < -0.3 is 15.0 Å². The first-order valence-electron chi connectivity index (χ1n) is 9.01. The van der Waals surface area contributed by atoms with Crippen molar-refractivity contribution in [3.8, 4) is 0 Å². The van der Waals surface area contributed by atoms with Gasteiger partial charge in [0.2, 0.25) is 5.91 Å². The van der Waals surface area contributed by atoms with Crippen LogP contribution in [0.3, 0.4) is 0 Å². The predicted octanol–water partition coefficient (Wildman–Crippen LogP) is 0.214. The number of likely N-dealkylation sites (tertiary alicyclic amines) is 1. The van der Waals surface area contributed by atoms with E-state index in [4.69, 9.17) is 4.74 Å². The Morgan fingerprint density at radius 3 is 2.83 bits per heavy atom. The average Bonchev–Trinajstić information content (AvgIpc) is 3.30. The number of aromatic nitrogens is 2. The topological polar surface area (TPSA) is 62.6 Å². The molecule has 7 nitrogen and oxygen atoms in total. The van der Waals surface area contributed by atoms with E-state index in [1.807, 2.05) is 19.2 Å². The summed E-state index contributed by atoms with van der Waals surface area (Å²) in [5.41, 5.74) is 0. The van der Waals surface area contributed by atoms with Gasteiger partial charge in [-0.15, -0.1) is 0 Å². The van der Waals surface area contributed by atoms with E-state index in [0.29, 0.717) is 5.92 Å². The molecule has 2 fully saturated rings. The molecule has 2 aliphatic rings. The Morgan fingerprint density at radius 1 is 1.29 bits per heavy atom. The highest BCUT2D eigenvalue weighted by Crippen LogP contribution is 2.15. The molecule has 1 amide bonds. The van der Waals surface area contributed by atoms with Crippen molar-refractivity contribution in [3.63, 3.8) is 0 Å². The van der Waals surface area contributed by atoms with Crippen LogP contribution in [-0.4, -0.2) is 84.5 Å². The highest BCUT2D eigenvalue weighted by atomic mass is 16.5. The van der Waals surface area contributed by atoms with Crippen LogP contribution in [0.25, 0.3) is 0 Å². The van der Waals surface area contributed by atoms with E-state index in [9.17, 15) is 4.79 Å². The Kier molecular flexibility index (Phi) is 6.23. The Hall–Kier alpha value is -1.44. The summed E-state index contributed by atoms with van der Waals surface area (Å²) in [5, 5.41) is 7.22. The fraction of sp³-hybridized carbons (Fsp3) is 0.765. The zero-order chi connectivity index (χ0) is 16.8. The number of hydrogen-bond acceptors (Lipinski definition) is 5. The minimum Gasteiger partial charge on any atom is -0.379 e. The minimum atomic E-state index is -0.251. The van der Waals surface area contributed by atoms with Gasteiger partial charge in [-0.1, -0.05) is 0 Å². The van der Waals surface area contributed by atoms with Crippen molar-refractivity contribution in [2.24, 2.45) is 5.92 Å². The third-order valence-corrected chi connectivity index (χ3v) is 5.07. The molecule has 24 heavy (non-hydrogen) atoms. The Bertz CT molecular complexity index is 501. The van der Waals surface area contributed by atoms with Crippen LogP contribution in [0.1, 0.15) is 19.4 Å². The quantitative estimate of drug-likeness (QED) is 0.772. The van der Waals surface area contributed by atoms with Crippen molar-refractivity contribution in [2.75, 3.05) is 59.0 Å². The van der Waals surface area contributed by atoms with E-state index in [2.05, 4.69) is 20.2 Å². The van der Waals surface area contributed by atoms with E-state index in [0.717, 1.165) is 59.0 Å². The van der Waals surface area contributed by atoms with Crippen LogP contribution in [0.5, 0.6) is 0 Å². The Morgan fingerprint density at radius 2 is 2.08 bits per heavy atom. The first-order valence-corrected chi connectivity index (χ1v) is 9.01. The lowest BCUT2D eigenvalue weighted by Gasteiger charge is -2.28. The molecule has 0 spiro atoms. The average molecular weight is 335 g/mol. The summed E-state index contributed by atoms with van der Waals surface area (Å²) >= 11 is 0. The van der Waals surface area contributed by atoms with E-state index in [1.165, 1.54) is 6.42 Å². The highest BCUT2D eigenvalue weighted by molar-refractivity contribution is 5.79. The lowest BCUT2D eigenvalue weighted by Crippen LogP contribution is -2.41. The molecule has 0 bridgehead atoms. The second-order valence-electron chi connectivity index (χ2n) is 6.82. The zero-order valence-corrected chi connectivity index (χ0v) is 14.6. The van der Waals surface area contributed by atoms with E-state index in [-0.39, 0.29) is 11.9 Å². The van der Waals surface area contributed by atoms with E-state index in [1.54, 1.807) is 10.9 Å². The number of ether oxygens (including phenoxy) is 1. The smallest absolute Gasteiger partial charge is 0.244 e. The van der Waals surface area contributed by atoms with Crippen molar-refractivity contribution >= 4 is 5.91 Å². The summed E-state index contributed by atoms with van der Waals surface area (Å²) < 4.78 is 7.08. The van der Waals surface area contributed by atoms with Gasteiger partial charge in [0.05, 0.1) is 13.2 Å². The molecule has 0 aromatic carbocycles. The fourth-order valence-corrected chi connectivity index (χ4v) is 3.41. The summed E-state index contributed by atoms with van der Waals surface area (Å²) in [7, 11) is 0. The standard InChI is InChI=1S/C17H29N5O2/c1-15(22-5-2-4-19-22)17(23)18-13-16-3-6-21(14-16)8-7-20-9-11-24-12-10-20/h2,4-5,15-16H,3,6-14H2,1H3,(H,18,23)/t15-,16+/m0/s1. The Labute approximate surface area is 143 Å². The summed E-state index contributed by atoms with van der Waals surface area (Å²) in [5.74, 6) is 0.605. The number of carbonyl (C=O) groups is 1. The summed E-state index contributed by atoms with van der Waals surface area (Å²) in [6.45, 7) is 10.9. The van der Waals surface area contributed by atoms with Crippen LogP contribution in [0.2, 0.25) is 0 Å². The van der Waals surface area contributed by atoms with Crippen LogP contribution < -0.4 is 5.32 Å². The molecule has 0 aliphatic carbocycles. The lowest BCUT2D eigenvalue weighted by atomic mass is 10.1. The van der Waals surface area contributed by atoms with Crippen LogP contribution in [-0.2, 0) is 9.53 Å². The van der Waals surface area contributed by atoms with Crippen LogP contribution in [0.4, 0.5) is 0 Å². The monoisotopic (exact) mass is 335 g/mol. The Balaban J connectivity index is 1.33. The second kappa shape index (κ2) is 8.60. The maximum Gasteiger partial charge on any atom is 0.244 e. The molecule has 3 rings (SSSR count). The van der Waals surface area contributed by atoms with Crippen molar-refractivity contribution in [1.29, 1.82) is 0 Å². The van der Waals surface area contributed by atoms with Crippen molar-refractivity contribution < 1.29 is 9.53 Å². The number of morpholine rings is 1. The number of rotatable bonds is 7. The van der Waals surface area contributed by atoms with Gasteiger partial charge in [-0.05, 0) is 31.9 Å². The summed E-state index contributed by atoms with van der Waals surface area (Å²) in [6.07, 6.45) is 4.69.